The average Bonchev–Trinajstić information content (AvgIpc) is 3.73. The molecule has 230 valence electrons. The van der Waals surface area contributed by atoms with Gasteiger partial charge in [-0.2, -0.15) is 0 Å². The molecule has 0 radical (unpaired) electrons. The summed E-state index contributed by atoms with van der Waals surface area (Å²) in [7, 11) is 0. The minimum atomic E-state index is 0.864. The highest BCUT2D eigenvalue weighted by Crippen LogP contribution is 2.44. The zero-order valence-corrected chi connectivity index (χ0v) is 26.5. The van der Waals surface area contributed by atoms with Crippen LogP contribution in [0.1, 0.15) is 0 Å². The Hall–Kier alpha value is -6.58. The molecule has 0 amide bonds. The fourth-order valence-corrected chi connectivity index (χ4v) is 7.27. The number of hydrogen-bond donors (Lipinski definition) is 0. The molecule has 2 aromatic heterocycles. The molecule has 0 aliphatic carbocycles. The van der Waals surface area contributed by atoms with Gasteiger partial charge in [0.25, 0.3) is 0 Å². The van der Waals surface area contributed by atoms with Crippen molar-refractivity contribution in [3.05, 3.63) is 176 Å². The Kier molecular flexibility index (Phi) is 6.18. The summed E-state index contributed by atoms with van der Waals surface area (Å²) in [5.74, 6) is 0. The number of rotatable bonds is 5. The van der Waals surface area contributed by atoms with Gasteiger partial charge in [-0.3, -0.25) is 0 Å². The van der Waals surface area contributed by atoms with Gasteiger partial charge in [0.05, 0.1) is 5.69 Å². The van der Waals surface area contributed by atoms with Crippen LogP contribution in [0, 0.1) is 0 Å². The van der Waals surface area contributed by atoms with E-state index in [2.05, 4.69) is 169 Å². The van der Waals surface area contributed by atoms with E-state index >= 15 is 0 Å². The Bertz CT molecular complexity index is 2830. The lowest BCUT2D eigenvalue weighted by Crippen LogP contribution is -2.10. The summed E-state index contributed by atoms with van der Waals surface area (Å²) < 4.78 is 12.5. The maximum atomic E-state index is 6.42. The molecular formula is C46H29NO2. The Labute approximate surface area is 282 Å². The van der Waals surface area contributed by atoms with Gasteiger partial charge in [-0.15, -0.1) is 0 Å². The molecule has 3 nitrogen and oxygen atoms in total. The second-order valence-electron chi connectivity index (χ2n) is 12.6. The van der Waals surface area contributed by atoms with Crippen molar-refractivity contribution < 1.29 is 8.83 Å². The number of benzene rings is 8. The van der Waals surface area contributed by atoms with Gasteiger partial charge in [0.15, 0.2) is 0 Å². The first kappa shape index (κ1) is 27.5. The van der Waals surface area contributed by atoms with Crippen LogP contribution in [0.15, 0.2) is 185 Å². The maximum absolute atomic E-state index is 6.42. The zero-order valence-electron chi connectivity index (χ0n) is 26.5. The Morgan fingerprint density at radius 2 is 0.857 bits per heavy atom. The van der Waals surface area contributed by atoms with Crippen molar-refractivity contribution in [3.8, 4) is 22.3 Å². The molecule has 0 unspecified atom stereocenters. The van der Waals surface area contributed by atoms with Crippen molar-refractivity contribution in [1.82, 2.24) is 0 Å². The van der Waals surface area contributed by atoms with Gasteiger partial charge >= 0.3 is 0 Å². The predicted octanol–water partition coefficient (Wildman–Crippen LogP) is 13.4. The quantitative estimate of drug-likeness (QED) is 0.190. The number of anilines is 3. The van der Waals surface area contributed by atoms with Gasteiger partial charge in [-0.05, 0) is 100 Å². The number of fused-ring (bicyclic) bond motifs is 7. The molecule has 3 heteroatoms. The molecule has 49 heavy (non-hydrogen) atoms. The monoisotopic (exact) mass is 627 g/mol. The Balaban J connectivity index is 1.16. The number of hydrogen-bond acceptors (Lipinski definition) is 3. The third-order valence-electron chi connectivity index (χ3n) is 9.62. The van der Waals surface area contributed by atoms with E-state index in [1.165, 1.54) is 21.9 Å². The topological polar surface area (TPSA) is 29.5 Å². The molecule has 0 N–H and O–H groups in total. The first-order valence-corrected chi connectivity index (χ1v) is 16.6. The minimum Gasteiger partial charge on any atom is -0.456 e. The minimum absolute atomic E-state index is 0.864. The van der Waals surface area contributed by atoms with Crippen LogP contribution in [0.2, 0.25) is 0 Å². The van der Waals surface area contributed by atoms with E-state index in [4.69, 9.17) is 8.83 Å². The summed E-state index contributed by atoms with van der Waals surface area (Å²) in [6, 6.07) is 62.2. The van der Waals surface area contributed by atoms with Crippen LogP contribution >= 0.6 is 0 Å². The van der Waals surface area contributed by atoms with Crippen LogP contribution in [0.4, 0.5) is 17.1 Å². The average molecular weight is 628 g/mol. The second-order valence-corrected chi connectivity index (χ2v) is 12.6. The molecule has 0 aliphatic heterocycles. The second kappa shape index (κ2) is 11.0. The highest BCUT2D eigenvalue weighted by Gasteiger charge is 2.19. The number of furan rings is 2. The van der Waals surface area contributed by atoms with Gasteiger partial charge in [0.1, 0.15) is 22.3 Å². The van der Waals surface area contributed by atoms with Crippen molar-refractivity contribution in [2.24, 2.45) is 0 Å². The van der Waals surface area contributed by atoms with Crippen LogP contribution in [-0.2, 0) is 0 Å². The van der Waals surface area contributed by atoms with E-state index in [0.29, 0.717) is 0 Å². The third-order valence-corrected chi connectivity index (χ3v) is 9.62. The largest absolute Gasteiger partial charge is 0.456 e. The molecule has 0 saturated heterocycles. The van der Waals surface area contributed by atoms with Crippen molar-refractivity contribution in [1.29, 1.82) is 0 Å². The standard InChI is InChI=1S/C46H29NO2/c1-3-11-30(12-4-1)34-25-33-13-7-8-16-37(33)42(28-34)47(35-14-5-2-6-15-35)36-21-24-46-41(29-36)40-27-32(20-23-45(40)49-46)31-19-22-44-39(26-31)38-17-9-10-18-43(38)48-44/h1-29H. The van der Waals surface area contributed by atoms with Crippen LogP contribution in [-0.4, -0.2) is 0 Å². The highest BCUT2D eigenvalue weighted by atomic mass is 16.3. The van der Waals surface area contributed by atoms with E-state index in [-0.39, 0.29) is 0 Å². The van der Waals surface area contributed by atoms with Gasteiger partial charge in [0.2, 0.25) is 0 Å². The van der Waals surface area contributed by atoms with Gasteiger partial charge in [-0.1, -0.05) is 103 Å². The van der Waals surface area contributed by atoms with Gasteiger partial charge < -0.3 is 13.7 Å². The molecule has 0 saturated carbocycles. The van der Waals surface area contributed by atoms with Crippen LogP contribution in [0.25, 0.3) is 76.9 Å². The molecule has 10 aromatic rings. The fraction of sp³-hybridized carbons (Fsp3) is 0. The molecule has 8 aromatic carbocycles. The summed E-state index contributed by atoms with van der Waals surface area (Å²) >= 11 is 0. The Morgan fingerprint density at radius 1 is 0.306 bits per heavy atom. The lowest BCUT2D eigenvalue weighted by molar-refractivity contribution is 0.668. The van der Waals surface area contributed by atoms with Crippen molar-refractivity contribution in [2.75, 3.05) is 4.90 Å². The summed E-state index contributed by atoms with van der Waals surface area (Å²) in [6.07, 6.45) is 0. The van der Waals surface area contributed by atoms with Crippen LogP contribution in [0.3, 0.4) is 0 Å². The molecule has 10 rings (SSSR count). The van der Waals surface area contributed by atoms with E-state index in [1.807, 2.05) is 12.1 Å². The zero-order chi connectivity index (χ0) is 32.3. The Morgan fingerprint density at radius 3 is 1.59 bits per heavy atom. The number of nitrogens with zero attached hydrogens (tertiary/aromatic N) is 1. The van der Waals surface area contributed by atoms with Crippen LogP contribution < -0.4 is 4.90 Å². The highest BCUT2D eigenvalue weighted by molar-refractivity contribution is 6.10. The first-order valence-electron chi connectivity index (χ1n) is 16.6. The number of para-hydroxylation sites is 2. The lowest BCUT2D eigenvalue weighted by atomic mass is 9.98. The summed E-state index contributed by atoms with van der Waals surface area (Å²) in [6.45, 7) is 0. The van der Waals surface area contributed by atoms with Crippen molar-refractivity contribution in [2.45, 2.75) is 0 Å². The van der Waals surface area contributed by atoms with E-state index in [0.717, 1.165) is 72.1 Å². The molecular weight excluding hydrogens is 599 g/mol. The van der Waals surface area contributed by atoms with Crippen molar-refractivity contribution >= 4 is 71.7 Å². The molecule has 0 bridgehead atoms. The third kappa shape index (κ3) is 4.59. The molecule has 0 atom stereocenters. The first-order chi connectivity index (χ1) is 24.3. The van der Waals surface area contributed by atoms with Gasteiger partial charge in [-0.25, -0.2) is 0 Å². The molecule has 0 spiro atoms. The van der Waals surface area contributed by atoms with E-state index in [1.54, 1.807) is 0 Å². The molecule has 2 heterocycles. The maximum Gasteiger partial charge on any atom is 0.135 e. The van der Waals surface area contributed by atoms with Gasteiger partial charge in [0, 0.05) is 38.3 Å². The van der Waals surface area contributed by atoms with Crippen LogP contribution in [0.5, 0.6) is 0 Å². The fourth-order valence-electron chi connectivity index (χ4n) is 7.27. The predicted molar refractivity (Wildman–Crippen MR) is 204 cm³/mol. The summed E-state index contributed by atoms with van der Waals surface area (Å²) in [4.78, 5) is 2.37. The molecule has 0 fully saturated rings. The normalized spacial score (nSPS) is 11.7. The molecule has 0 aliphatic rings. The van der Waals surface area contributed by atoms with Crippen molar-refractivity contribution in [3.63, 3.8) is 0 Å². The summed E-state index contributed by atoms with van der Waals surface area (Å²) in [5.41, 5.74) is 11.5. The smallest absolute Gasteiger partial charge is 0.135 e. The van der Waals surface area contributed by atoms with E-state index < -0.39 is 0 Å². The lowest BCUT2D eigenvalue weighted by Gasteiger charge is -2.27. The van der Waals surface area contributed by atoms with E-state index in [9.17, 15) is 0 Å². The summed E-state index contributed by atoms with van der Waals surface area (Å²) in [5, 5.41) is 6.80. The SMILES string of the molecule is c1ccc(-c2cc(N(c3ccccc3)c3ccc4oc5ccc(-c6ccc7oc8ccccc8c7c6)cc5c4c3)c3ccccc3c2)cc1.